The van der Waals surface area contributed by atoms with Crippen LogP contribution in [0.2, 0.25) is 0 Å². The highest BCUT2D eigenvalue weighted by atomic mass is 16.6. The first-order chi connectivity index (χ1) is 12.1. The van der Waals surface area contributed by atoms with Crippen molar-refractivity contribution in [1.29, 1.82) is 0 Å². The van der Waals surface area contributed by atoms with Crippen molar-refractivity contribution in [1.82, 2.24) is 16.0 Å². The second-order valence-corrected chi connectivity index (χ2v) is 5.35. The number of amides is 1. The average molecular weight is 351 g/mol. The monoisotopic (exact) mass is 351 g/mol. The summed E-state index contributed by atoms with van der Waals surface area (Å²) in [6.45, 7) is 2.25. The molecule has 0 aliphatic rings. The van der Waals surface area contributed by atoms with E-state index in [1.54, 1.807) is 30.3 Å². The quantitative estimate of drug-likeness (QED) is 0.194. The number of ether oxygens (including phenoxy) is 1. The lowest BCUT2D eigenvalue weighted by Crippen LogP contribution is -2.31. The van der Waals surface area contributed by atoms with E-state index >= 15 is 0 Å². The number of carboxylic acids is 1. The van der Waals surface area contributed by atoms with E-state index in [-0.39, 0.29) is 6.42 Å². The number of esters is 1. The number of hydrogen-bond donors (Lipinski definition) is 4. The zero-order valence-electron chi connectivity index (χ0n) is 14.1. The number of benzene rings is 1. The molecule has 8 nitrogen and oxygen atoms in total. The maximum absolute atomic E-state index is 11.6. The van der Waals surface area contributed by atoms with Crippen molar-refractivity contribution in [3.63, 3.8) is 0 Å². The van der Waals surface area contributed by atoms with Gasteiger partial charge in [0.25, 0.3) is 0 Å². The molecule has 0 aromatic heterocycles. The van der Waals surface area contributed by atoms with Crippen LogP contribution in [0.4, 0.5) is 4.79 Å². The minimum atomic E-state index is -0.816. The molecule has 0 heterocycles. The van der Waals surface area contributed by atoms with Crippen LogP contribution in [0.1, 0.15) is 36.0 Å². The number of carbonyl (C=O) groups excluding carboxylic acids is 2. The summed E-state index contributed by atoms with van der Waals surface area (Å²) in [5, 5.41) is 17.1. The SMILES string of the molecule is O=C(O)CCNCNCCCCCNC(=O)OC(=O)c1ccccc1. The van der Waals surface area contributed by atoms with Gasteiger partial charge in [0.2, 0.25) is 0 Å². The van der Waals surface area contributed by atoms with E-state index in [2.05, 4.69) is 20.7 Å². The van der Waals surface area contributed by atoms with Gasteiger partial charge < -0.3 is 25.8 Å². The van der Waals surface area contributed by atoms with E-state index in [0.29, 0.717) is 25.3 Å². The summed E-state index contributed by atoms with van der Waals surface area (Å²) in [6.07, 6.45) is 1.99. The Bertz CT molecular complexity index is 536. The molecule has 0 unspecified atom stereocenters. The molecule has 0 atom stereocenters. The van der Waals surface area contributed by atoms with Gasteiger partial charge in [-0.15, -0.1) is 0 Å². The summed E-state index contributed by atoms with van der Waals surface area (Å²) < 4.78 is 4.68. The second-order valence-electron chi connectivity index (χ2n) is 5.35. The van der Waals surface area contributed by atoms with Crippen molar-refractivity contribution >= 4 is 18.0 Å². The summed E-state index contributed by atoms with van der Waals surface area (Å²) >= 11 is 0. The Labute approximate surface area is 146 Å². The molecule has 1 amide bonds. The standard InChI is InChI=1S/C17H25N3O5/c21-15(22)9-12-19-13-18-10-5-2-6-11-20-17(24)25-16(23)14-7-3-1-4-8-14/h1,3-4,7-8,18-19H,2,5-6,9-13H2,(H,20,24)(H,21,22). The summed E-state index contributed by atoms with van der Waals surface area (Å²) in [4.78, 5) is 33.4. The van der Waals surface area contributed by atoms with Crippen molar-refractivity contribution in [2.24, 2.45) is 0 Å². The van der Waals surface area contributed by atoms with Gasteiger partial charge in [0.05, 0.1) is 12.0 Å². The van der Waals surface area contributed by atoms with E-state index in [0.717, 1.165) is 25.8 Å². The first-order valence-corrected chi connectivity index (χ1v) is 8.28. The van der Waals surface area contributed by atoms with Crippen molar-refractivity contribution in [3.05, 3.63) is 35.9 Å². The lowest BCUT2D eigenvalue weighted by Gasteiger charge is -2.07. The van der Waals surface area contributed by atoms with Crippen LogP contribution < -0.4 is 16.0 Å². The van der Waals surface area contributed by atoms with Gasteiger partial charge in [-0.2, -0.15) is 0 Å². The molecule has 138 valence electrons. The van der Waals surface area contributed by atoms with E-state index < -0.39 is 18.0 Å². The number of alkyl carbamates (subject to hydrolysis) is 1. The van der Waals surface area contributed by atoms with Crippen LogP contribution in [0.25, 0.3) is 0 Å². The van der Waals surface area contributed by atoms with Gasteiger partial charge in [0.15, 0.2) is 0 Å². The highest BCUT2D eigenvalue weighted by Gasteiger charge is 2.11. The minimum Gasteiger partial charge on any atom is -0.481 e. The molecule has 0 bridgehead atoms. The average Bonchev–Trinajstić information content (AvgIpc) is 2.60. The fourth-order valence-corrected chi connectivity index (χ4v) is 1.96. The fourth-order valence-electron chi connectivity index (χ4n) is 1.96. The Kier molecular flexibility index (Phi) is 10.6. The Morgan fingerprint density at radius 3 is 2.32 bits per heavy atom. The number of hydrogen-bond acceptors (Lipinski definition) is 6. The molecule has 0 aliphatic carbocycles. The fraction of sp³-hybridized carbons (Fsp3) is 0.471. The highest BCUT2D eigenvalue weighted by Crippen LogP contribution is 2.01. The molecule has 0 radical (unpaired) electrons. The Morgan fingerprint density at radius 1 is 0.920 bits per heavy atom. The highest BCUT2D eigenvalue weighted by molar-refractivity contribution is 5.96. The normalized spacial score (nSPS) is 10.2. The smallest absolute Gasteiger partial charge is 0.415 e. The maximum Gasteiger partial charge on any atom is 0.415 e. The van der Waals surface area contributed by atoms with E-state index in [9.17, 15) is 14.4 Å². The van der Waals surface area contributed by atoms with Crippen LogP contribution in [-0.4, -0.2) is 49.4 Å². The van der Waals surface area contributed by atoms with E-state index in [1.165, 1.54) is 0 Å². The Hall–Kier alpha value is -2.45. The van der Waals surface area contributed by atoms with Crippen LogP contribution >= 0.6 is 0 Å². The largest absolute Gasteiger partial charge is 0.481 e. The van der Waals surface area contributed by atoms with Gasteiger partial charge in [-0.05, 0) is 31.5 Å². The predicted molar refractivity (Wildman–Crippen MR) is 92.2 cm³/mol. The number of rotatable bonds is 12. The van der Waals surface area contributed by atoms with Gasteiger partial charge in [-0.3, -0.25) is 4.79 Å². The zero-order chi connectivity index (χ0) is 18.3. The second kappa shape index (κ2) is 12.9. The molecular weight excluding hydrogens is 326 g/mol. The lowest BCUT2D eigenvalue weighted by atomic mass is 10.2. The number of aliphatic carboxylic acids is 1. The molecule has 8 heteroatoms. The summed E-state index contributed by atoms with van der Waals surface area (Å²) in [7, 11) is 0. The maximum atomic E-state index is 11.6. The summed E-state index contributed by atoms with van der Waals surface area (Å²) in [5.41, 5.74) is 0.334. The number of unbranched alkanes of at least 4 members (excludes halogenated alkanes) is 2. The summed E-state index contributed by atoms with van der Waals surface area (Å²) in [6, 6.07) is 8.34. The molecule has 1 rings (SSSR count). The number of nitrogens with one attached hydrogen (secondary N) is 3. The van der Waals surface area contributed by atoms with Gasteiger partial charge in [-0.1, -0.05) is 24.6 Å². The van der Waals surface area contributed by atoms with Crippen molar-refractivity contribution < 1.29 is 24.2 Å². The third-order valence-electron chi connectivity index (χ3n) is 3.26. The molecule has 0 aliphatic heterocycles. The first kappa shape index (κ1) is 20.6. The van der Waals surface area contributed by atoms with E-state index in [1.807, 2.05) is 0 Å². The lowest BCUT2D eigenvalue weighted by molar-refractivity contribution is -0.136. The zero-order valence-corrected chi connectivity index (χ0v) is 14.1. The van der Waals surface area contributed by atoms with Crippen molar-refractivity contribution in [2.75, 3.05) is 26.3 Å². The van der Waals surface area contributed by atoms with Crippen LogP contribution in [0.15, 0.2) is 30.3 Å². The minimum absolute atomic E-state index is 0.107. The van der Waals surface area contributed by atoms with Gasteiger partial charge >= 0.3 is 18.0 Å². The number of carboxylic acid groups (broad SMARTS) is 1. The third kappa shape index (κ3) is 10.9. The number of carbonyl (C=O) groups is 3. The van der Waals surface area contributed by atoms with Crippen LogP contribution in [0.5, 0.6) is 0 Å². The molecule has 25 heavy (non-hydrogen) atoms. The van der Waals surface area contributed by atoms with Crippen LogP contribution in [-0.2, 0) is 9.53 Å². The molecule has 0 fully saturated rings. The van der Waals surface area contributed by atoms with Crippen LogP contribution in [0, 0.1) is 0 Å². The Balaban J connectivity index is 1.93. The first-order valence-electron chi connectivity index (χ1n) is 8.28. The molecule has 4 N–H and O–H groups in total. The third-order valence-corrected chi connectivity index (χ3v) is 3.26. The van der Waals surface area contributed by atoms with Crippen molar-refractivity contribution in [3.8, 4) is 0 Å². The predicted octanol–water partition coefficient (Wildman–Crippen LogP) is 1.33. The summed E-state index contributed by atoms with van der Waals surface area (Å²) in [5.74, 6) is -1.48. The molecule has 1 aromatic carbocycles. The van der Waals surface area contributed by atoms with Gasteiger partial charge in [0, 0.05) is 19.8 Å². The van der Waals surface area contributed by atoms with Gasteiger partial charge in [0.1, 0.15) is 0 Å². The molecule has 1 aromatic rings. The van der Waals surface area contributed by atoms with Crippen molar-refractivity contribution in [2.45, 2.75) is 25.7 Å². The van der Waals surface area contributed by atoms with E-state index in [4.69, 9.17) is 5.11 Å². The molecule has 0 saturated heterocycles. The molecule has 0 spiro atoms. The van der Waals surface area contributed by atoms with Gasteiger partial charge in [-0.25, -0.2) is 9.59 Å². The molecular formula is C17H25N3O5. The Morgan fingerprint density at radius 2 is 1.60 bits per heavy atom. The molecule has 0 saturated carbocycles. The van der Waals surface area contributed by atoms with Crippen LogP contribution in [0.3, 0.4) is 0 Å². The topological polar surface area (TPSA) is 117 Å².